The number of ether oxygens (including phenoxy) is 1. The zero-order valence-corrected chi connectivity index (χ0v) is 31.4. The van der Waals surface area contributed by atoms with Crippen LogP contribution in [-0.4, -0.2) is 49.7 Å². The number of amides is 1. The maximum atomic E-state index is 14.3. The van der Waals surface area contributed by atoms with Crippen LogP contribution in [0.15, 0.2) is 91.0 Å². The molecular formula is C39H53NO8Si. The Balaban J connectivity index is 1.94. The van der Waals surface area contributed by atoms with E-state index in [1.54, 1.807) is 0 Å². The summed E-state index contributed by atoms with van der Waals surface area (Å²) in [6.45, 7) is 16.5. The van der Waals surface area contributed by atoms with Crippen LogP contribution < -0.4 is 5.32 Å². The van der Waals surface area contributed by atoms with Gasteiger partial charge in [0.2, 0.25) is 5.91 Å². The van der Waals surface area contributed by atoms with Gasteiger partial charge in [-0.3, -0.25) is 14.4 Å². The van der Waals surface area contributed by atoms with Gasteiger partial charge in [0.15, 0.2) is 0 Å². The van der Waals surface area contributed by atoms with Gasteiger partial charge in [-0.2, -0.15) is 0 Å². The van der Waals surface area contributed by atoms with E-state index < -0.39 is 55.7 Å². The van der Waals surface area contributed by atoms with Crippen LogP contribution in [0.4, 0.5) is 0 Å². The maximum Gasteiger partial charge on any atom is 0.752 e. The van der Waals surface area contributed by atoms with Crippen LogP contribution in [0.1, 0.15) is 85.4 Å². The first-order valence-electron chi connectivity index (χ1n) is 16.7. The van der Waals surface area contributed by atoms with E-state index in [1.165, 1.54) is 0 Å². The fraction of sp³-hybridized carbons (Fsp3) is 0.462. The van der Waals surface area contributed by atoms with Gasteiger partial charge in [0.25, 0.3) is 0 Å². The summed E-state index contributed by atoms with van der Waals surface area (Å²) < 4.78 is 30.9. The molecule has 3 rings (SSSR count). The third kappa shape index (κ3) is 15.1. The lowest BCUT2D eigenvalue weighted by molar-refractivity contribution is -0.164. The molecule has 0 aromatic heterocycles. The summed E-state index contributed by atoms with van der Waals surface area (Å²) in [4.78, 5) is 41.5. The highest BCUT2D eigenvalue weighted by atomic mass is 28.4. The van der Waals surface area contributed by atoms with E-state index in [-0.39, 0.29) is 25.9 Å². The van der Waals surface area contributed by atoms with E-state index >= 15 is 0 Å². The number of carbonyl (C=O) groups is 3. The Bertz CT molecular complexity index is 1440. The average molecular weight is 692 g/mol. The zero-order valence-electron chi connectivity index (χ0n) is 30.4. The zero-order chi connectivity index (χ0) is 36.3. The highest BCUT2D eigenvalue weighted by Crippen LogP contribution is 2.30. The molecule has 0 spiro atoms. The number of nitrogens with one attached hydrogen (secondary N) is 1. The van der Waals surface area contributed by atoms with Crippen molar-refractivity contribution in [3.63, 3.8) is 0 Å². The molecule has 0 bridgehead atoms. The van der Waals surface area contributed by atoms with Gasteiger partial charge in [-0.15, -0.1) is 0 Å². The van der Waals surface area contributed by atoms with Gasteiger partial charge in [-0.1, -0.05) is 91.0 Å². The first-order chi connectivity index (χ1) is 22.8. The minimum atomic E-state index is -4.23. The van der Waals surface area contributed by atoms with Gasteiger partial charge < -0.3 is 27.8 Å². The monoisotopic (exact) mass is 691 g/mol. The van der Waals surface area contributed by atoms with Crippen molar-refractivity contribution in [3.8, 4) is 0 Å². The lowest BCUT2D eigenvalue weighted by Crippen LogP contribution is -2.62. The normalized spacial score (nSPS) is 13.7. The minimum Gasteiger partial charge on any atom is -0.461 e. The van der Waals surface area contributed by atoms with E-state index in [2.05, 4.69) is 5.32 Å². The van der Waals surface area contributed by atoms with Crippen LogP contribution in [0, 0.1) is 5.92 Å². The van der Waals surface area contributed by atoms with E-state index in [0.717, 1.165) is 16.7 Å². The first kappa shape index (κ1) is 39.6. The van der Waals surface area contributed by atoms with Crippen LogP contribution in [0.25, 0.3) is 0 Å². The lowest BCUT2D eigenvalue weighted by atomic mass is 9.94. The van der Waals surface area contributed by atoms with Crippen LogP contribution in [0.2, 0.25) is 0 Å². The number of carbonyl (C=O) groups excluding carboxylic acids is 3. The molecule has 266 valence electrons. The summed E-state index contributed by atoms with van der Waals surface area (Å²) in [7, 11) is -4.23. The van der Waals surface area contributed by atoms with E-state index in [4.69, 9.17) is 22.4 Å². The quantitative estimate of drug-likeness (QED) is 0.133. The van der Waals surface area contributed by atoms with Gasteiger partial charge in [-0.25, -0.2) is 0 Å². The molecule has 10 heteroatoms. The molecular weight excluding hydrogens is 639 g/mol. The summed E-state index contributed by atoms with van der Waals surface area (Å²) in [6, 6.07) is 26.9. The summed E-state index contributed by atoms with van der Waals surface area (Å²) in [5.74, 6) is -2.62. The van der Waals surface area contributed by atoms with Crippen molar-refractivity contribution in [2.24, 2.45) is 5.92 Å². The largest absolute Gasteiger partial charge is 0.752 e. The smallest absolute Gasteiger partial charge is 0.461 e. The fourth-order valence-electron chi connectivity index (χ4n) is 4.93. The number of benzene rings is 3. The number of rotatable bonds is 15. The minimum absolute atomic E-state index is 0.0876. The molecule has 0 aliphatic heterocycles. The molecule has 1 N–H and O–H groups in total. The van der Waals surface area contributed by atoms with Gasteiger partial charge >= 0.3 is 21.0 Å². The third-order valence-electron chi connectivity index (χ3n) is 6.75. The topological polar surface area (TPSA) is 109 Å². The molecule has 9 nitrogen and oxygen atoms in total. The molecule has 49 heavy (non-hydrogen) atoms. The second-order valence-corrected chi connectivity index (χ2v) is 16.9. The Morgan fingerprint density at radius 3 is 1.45 bits per heavy atom. The Hall–Kier alpha value is -3.83. The lowest BCUT2D eigenvalue weighted by Gasteiger charge is -2.40. The molecule has 0 saturated carbocycles. The first-order valence-corrected chi connectivity index (χ1v) is 18.4. The predicted molar refractivity (Wildman–Crippen MR) is 191 cm³/mol. The Labute approximate surface area is 293 Å². The molecule has 3 aromatic rings. The van der Waals surface area contributed by atoms with Crippen molar-refractivity contribution in [2.75, 3.05) is 0 Å². The van der Waals surface area contributed by atoms with Crippen LogP contribution in [0.5, 0.6) is 0 Å². The second kappa shape index (κ2) is 17.2. The molecule has 0 heterocycles. The molecule has 0 aliphatic carbocycles. The molecule has 1 amide bonds. The molecule has 2 atom stereocenters. The fourth-order valence-corrected chi connectivity index (χ4v) is 7.82. The molecule has 0 fully saturated rings. The van der Waals surface area contributed by atoms with Crippen molar-refractivity contribution >= 4 is 26.9 Å². The third-order valence-corrected chi connectivity index (χ3v) is 9.79. The molecule has 0 unspecified atom stereocenters. The standard InChI is InChI=1S/C39H53NO8Si/c1-37(2,3)46-49(47-38(4,5)6,48-39(7,8)9)45-36(43)33(26-30-21-15-11-16-22-30)40-35(42)32(25-29-19-13-10-14-20-29)27-34(41)44-28-31-23-17-12-18-24-31/h10-24,32-33H,25-28H2,1-9H3,(H,40,42)/t32-,33+/m1/s1. The summed E-state index contributed by atoms with van der Waals surface area (Å²) in [5.41, 5.74) is 0.0873. The Morgan fingerprint density at radius 2 is 1.02 bits per heavy atom. The van der Waals surface area contributed by atoms with Crippen LogP contribution in [0.3, 0.4) is 0 Å². The van der Waals surface area contributed by atoms with E-state index in [0.29, 0.717) is 0 Å². The van der Waals surface area contributed by atoms with Crippen LogP contribution >= 0.6 is 0 Å². The molecule has 0 aliphatic rings. The van der Waals surface area contributed by atoms with Gasteiger partial charge in [-0.05, 0) is 85.4 Å². The maximum absolute atomic E-state index is 14.3. The SMILES string of the molecule is CC(C)(C)O[Si](OC(=O)[C@H](Cc1ccccc1)NC(=O)[C@@H](CC(=O)OCc1ccccc1)Cc1ccccc1)(OC(C)(C)C)OC(C)(C)C. The van der Waals surface area contributed by atoms with Gasteiger partial charge in [0.05, 0.1) is 29.1 Å². The molecule has 0 radical (unpaired) electrons. The highest BCUT2D eigenvalue weighted by molar-refractivity contribution is 6.56. The number of hydrogen-bond donors (Lipinski definition) is 1. The second-order valence-electron chi connectivity index (χ2n) is 15.1. The average Bonchev–Trinajstić information content (AvgIpc) is 2.98. The van der Waals surface area contributed by atoms with E-state index in [1.807, 2.05) is 153 Å². The number of hydrogen-bond acceptors (Lipinski definition) is 8. The van der Waals surface area contributed by atoms with Crippen molar-refractivity contribution in [2.45, 2.75) is 111 Å². The molecule has 3 aromatic carbocycles. The van der Waals surface area contributed by atoms with Gasteiger partial charge in [0, 0.05) is 6.42 Å². The Kier molecular flexibility index (Phi) is 13.9. The molecule has 0 saturated heterocycles. The Morgan fingerprint density at radius 1 is 0.612 bits per heavy atom. The summed E-state index contributed by atoms with van der Waals surface area (Å²) in [6.07, 6.45) is 0.187. The summed E-state index contributed by atoms with van der Waals surface area (Å²) >= 11 is 0. The summed E-state index contributed by atoms with van der Waals surface area (Å²) in [5, 5.41) is 2.91. The van der Waals surface area contributed by atoms with Crippen molar-refractivity contribution in [3.05, 3.63) is 108 Å². The highest BCUT2D eigenvalue weighted by Gasteiger charge is 2.58. The van der Waals surface area contributed by atoms with Crippen molar-refractivity contribution in [1.82, 2.24) is 5.32 Å². The van der Waals surface area contributed by atoms with Gasteiger partial charge in [0.1, 0.15) is 12.6 Å². The van der Waals surface area contributed by atoms with Crippen molar-refractivity contribution in [1.29, 1.82) is 0 Å². The van der Waals surface area contributed by atoms with E-state index in [9.17, 15) is 14.4 Å². The number of esters is 1. The van der Waals surface area contributed by atoms with Crippen molar-refractivity contribution < 1.29 is 36.8 Å². The predicted octanol–water partition coefficient (Wildman–Crippen LogP) is 7.13. The van der Waals surface area contributed by atoms with Crippen LogP contribution in [-0.2, 0) is 56.3 Å².